The quantitative estimate of drug-likeness (QED) is 0.457. The number of rotatable bonds is 7. The Bertz CT molecular complexity index is 1200. The molecule has 0 aliphatic carbocycles. The minimum atomic E-state index is -0.304. The van der Waals surface area contributed by atoms with E-state index in [2.05, 4.69) is 15.5 Å². The number of ether oxygens (including phenoxy) is 1. The number of aromatic nitrogens is 4. The Kier molecular flexibility index (Phi) is 6.04. The summed E-state index contributed by atoms with van der Waals surface area (Å²) in [5, 5.41) is 12.3. The molecule has 0 fully saturated rings. The molecule has 0 unspecified atom stereocenters. The highest BCUT2D eigenvalue weighted by molar-refractivity contribution is 6.32. The maximum Gasteiger partial charge on any atom is 0.276 e. The van der Waals surface area contributed by atoms with Gasteiger partial charge in [0.1, 0.15) is 5.75 Å². The largest absolute Gasteiger partial charge is 0.470 e. The molecule has 4 rings (SSSR count). The summed E-state index contributed by atoms with van der Waals surface area (Å²) in [4.78, 5) is 12.7. The van der Waals surface area contributed by atoms with E-state index in [0.717, 1.165) is 17.0 Å². The molecule has 0 spiro atoms. The zero-order chi connectivity index (χ0) is 21.8. The van der Waals surface area contributed by atoms with Gasteiger partial charge in [-0.05, 0) is 37.6 Å². The Labute approximate surface area is 185 Å². The third-order valence-electron chi connectivity index (χ3n) is 4.86. The van der Waals surface area contributed by atoms with Crippen molar-refractivity contribution in [2.75, 3.05) is 5.32 Å². The molecule has 0 aliphatic rings. The van der Waals surface area contributed by atoms with E-state index in [1.165, 1.54) is 4.68 Å². The molecule has 2 aromatic heterocycles. The molecule has 4 aromatic rings. The van der Waals surface area contributed by atoms with Crippen LogP contribution in [0.5, 0.6) is 5.75 Å². The van der Waals surface area contributed by atoms with E-state index in [-0.39, 0.29) is 18.3 Å². The molecule has 2 heterocycles. The van der Waals surface area contributed by atoms with E-state index in [1.54, 1.807) is 24.4 Å². The monoisotopic (exact) mass is 435 g/mol. The zero-order valence-electron chi connectivity index (χ0n) is 17.2. The molecule has 0 radical (unpaired) electrons. The maximum atomic E-state index is 12.7. The molecule has 7 nitrogen and oxygen atoms in total. The number of aryl methyl sites for hydroxylation is 1. The summed E-state index contributed by atoms with van der Waals surface area (Å²) in [6, 6.07) is 18.9. The zero-order valence-corrected chi connectivity index (χ0v) is 18.0. The SMILES string of the molecule is Cc1nn(Cc2ccccc2)c(C)c1NC(=O)c1ccn(COc2ccccc2Cl)n1. The van der Waals surface area contributed by atoms with Crippen LogP contribution in [0.15, 0.2) is 66.9 Å². The van der Waals surface area contributed by atoms with Crippen LogP contribution in [-0.4, -0.2) is 25.5 Å². The predicted octanol–water partition coefficient (Wildman–Crippen LogP) is 4.69. The smallest absolute Gasteiger partial charge is 0.276 e. The normalized spacial score (nSPS) is 10.8. The van der Waals surface area contributed by atoms with Crippen LogP contribution in [0.1, 0.15) is 27.4 Å². The van der Waals surface area contributed by atoms with Gasteiger partial charge in [-0.25, -0.2) is 4.68 Å². The summed E-state index contributed by atoms with van der Waals surface area (Å²) >= 11 is 6.09. The number of carbonyl (C=O) groups is 1. The lowest BCUT2D eigenvalue weighted by atomic mass is 10.2. The third-order valence-corrected chi connectivity index (χ3v) is 5.17. The van der Waals surface area contributed by atoms with Gasteiger partial charge in [0.15, 0.2) is 12.4 Å². The molecule has 0 bridgehead atoms. The standard InChI is InChI=1S/C23H22ClN5O2/c1-16-22(17(2)29(26-16)14-18-8-4-3-5-9-18)25-23(30)20-12-13-28(27-20)15-31-21-11-7-6-10-19(21)24/h3-13H,14-15H2,1-2H3,(H,25,30). The first-order valence-corrected chi connectivity index (χ1v) is 10.2. The Morgan fingerprint density at radius 3 is 2.55 bits per heavy atom. The van der Waals surface area contributed by atoms with Crippen molar-refractivity contribution in [2.45, 2.75) is 27.1 Å². The lowest BCUT2D eigenvalue weighted by Gasteiger charge is -2.08. The second-order valence-corrected chi connectivity index (χ2v) is 7.49. The number of para-hydroxylation sites is 1. The van der Waals surface area contributed by atoms with Crippen molar-refractivity contribution in [2.24, 2.45) is 0 Å². The number of nitrogens with zero attached hydrogens (tertiary/aromatic N) is 4. The lowest BCUT2D eigenvalue weighted by molar-refractivity contribution is 0.102. The molecular formula is C23H22ClN5O2. The first kappa shape index (κ1) is 20.7. The van der Waals surface area contributed by atoms with Gasteiger partial charge in [-0.2, -0.15) is 10.2 Å². The van der Waals surface area contributed by atoms with Crippen LogP contribution in [0, 0.1) is 13.8 Å². The second kappa shape index (κ2) is 9.06. The number of hydrogen-bond acceptors (Lipinski definition) is 4. The second-order valence-electron chi connectivity index (χ2n) is 7.09. The summed E-state index contributed by atoms with van der Waals surface area (Å²) in [5.74, 6) is 0.254. The molecular weight excluding hydrogens is 414 g/mol. The van der Waals surface area contributed by atoms with E-state index >= 15 is 0 Å². The molecule has 158 valence electrons. The van der Waals surface area contributed by atoms with E-state index in [9.17, 15) is 4.79 Å². The van der Waals surface area contributed by atoms with Crippen molar-refractivity contribution in [1.29, 1.82) is 0 Å². The highest BCUT2D eigenvalue weighted by Crippen LogP contribution is 2.24. The number of anilines is 1. The number of carbonyl (C=O) groups excluding carboxylic acids is 1. The van der Waals surface area contributed by atoms with E-state index < -0.39 is 0 Å². The average Bonchev–Trinajstić information content (AvgIpc) is 3.34. The first-order valence-electron chi connectivity index (χ1n) is 9.81. The van der Waals surface area contributed by atoms with Crippen LogP contribution in [0.2, 0.25) is 5.02 Å². The van der Waals surface area contributed by atoms with Gasteiger partial charge in [-0.3, -0.25) is 9.48 Å². The third kappa shape index (κ3) is 4.78. The van der Waals surface area contributed by atoms with Gasteiger partial charge in [0.25, 0.3) is 5.91 Å². The number of hydrogen-bond donors (Lipinski definition) is 1. The molecule has 0 atom stereocenters. The Balaban J connectivity index is 1.42. The number of nitrogens with one attached hydrogen (secondary N) is 1. The molecule has 0 saturated heterocycles. The fourth-order valence-corrected chi connectivity index (χ4v) is 3.41. The predicted molar refractivity (Wildman–Crippen MR) is 120 cm³/mol. The van der Waals surface area contributed by atoms with Gasteiger partial charge in [-0.15, -0.1) is 0 Å². The summed E-state index contributed by atoms with van der Waals surface area (Å²) < 4.78 is 9.08. The van der Waals surface area contributed by atoms with Crippen LogP contribution in [0.3, 0.4) is 0 Å². The number of halogens is 1. The van der Waals surface area contributed by atoms with E-state index in [1.807, 2.05) is 61.0 Å². The fourth-order valence-electron chi connectivity index (χ4n) is 3.22. The van der Waals surface area contributed by atoms with Crippen LogP contribution >= 0.6 is 11.6 Å². The van der Waals surface area contributed by atoms with Gasteiger partial charge in [-0.1, -0.05) is 54.1 Å². The minimum Gasteiger partial charge on any atom is -0.470 e. The molecule has 1 N–H and O–H groups in total. The highest BCUT2D eigenvalue weighted by Gasteiger charge is 2.17. The van der Waals surface area contributed by atoms with Crippen LogP contribution < -0.4 is 10.1 Å². The summed E-state index contributed by atoms with van der Waals surface area (Å²) in [6.45, 7) is 4.59. The Hall–Kier alpha value is -3.58. The van der Waals surface area contributed by atoms with Crippen LogP contribution in [0.4, 0.5) is 5.69 Å². The highest BCUT2D eigenvalue weighted by atomic mass is 35.5. The van der Waals surface area contributed by atoms with Crippen molar-refractivity contribution in [3.63, 3.8) is 0 Å². The fraction of sp³-hybridized carbons (Fsp3) is 0.174. The van der Waals surface area contributed by atoms with Gasteiger partial charge >= 0.3 is 0 Å². The van der Waals surface area contributed by atoms with Crippen molar-refractivity contribution >= 4 is 23.2 Å². The summed E-state index contributed by atoms with van der Waals surface area (Å²) in [5.41, 5.74) is 3.77. The van der Waals surface area contributed by atoms with Gasteiger partial charge in [0, 0.05) is 6.20 Å². The first-order chi connectivity index (χ1) is 15.0. The van der Waals surface area contributed by atoms with Crippen molar-refractivity contribution < 1.29 is 9.53 Å². The molecule has 0 saturated carbocycles. The molecule has 1 amide bonds. The van der Waals surface area contributed by atoms with Crippen molar-refractivity contribution in [3.8, 4) is 5.75 Å². The van der Waals surface area contributed by atoms with Crippen LogP contribution in [-0.2, 0) is 13.3 Å². The van der Waals surface area contributed by atoms with Gasteiger partial charge in [0.2, 0.25) is 0 Å². The van der Waals surface area contributed by atoms with E-state index in [4.69, 9.17) is 16.3 Å². The Morgan fingerprint density at radius 1 is 1.03 bits per heavy atom. The van der Waals surface area contributed by atoms with Crippen molar-refractivity contribution in [1.82, 2.24) is 19.6 Å². The van der Waals surface area contributed by atoms with Gasteiger partial charge < -0.3 is 10.1 Å². The van der Waals surface area contributed by atoms with Gasteiger partial charge in [0.05, 0.1) is 28.6 Å². The minimum absolute atomic E-state index is 0.143. The topological polar surface area (TPSA) is 74.0 Å². The van der Waals surface area contributed by atoms with Crippen LogP contribution in [0.25, 0.3) is 0 Å². The lowest BCUT2D eigenvalue weighted by Crippen LogP contribution is -2.15. The average molecular weight is 436 g/mol. The number of benzene rings is 2. The molecule has 8 heteroatoms. The van der Waals surface area contributed by atoms with E-state index in [0.29, 0.717) is 23.0 Å². The maximum absolute atomic E-state index is 12.7. The molecule has 0 aliphatic heterocycles. The summed E-state index contributed by atoms with van der Waals surface area (Å²) in [6.07, 6.45) is 1.68. The molecule has 31 heavy (non-hydrogen) atoms. The van der Waals surface area contributed by atoms with Crippen molar-refractivity contribution in [3.05, 3.63) is 94.5 Å². The summed E-state index contributed by atoms with van der Waals surface area (Å²) in [7, 11) is 0. The Morgan fingerprint density at radius 2 is 1.77 bits per heavy atom. The molecule has 2 aromatic carbocycles. The number of amides is 1.